The maximum Gasteiger partial charge on any atom is 0.257 e. The number of aliphatic hydroxyl groups is 1. The number of halogens is 1. The Kier molecular flexibility index (Phi) is 6.32. The van der Waals surface area contributed by atoms with Crippen LogP contribution in [0.1, 0.15) is 28.8 Å². The summed E-state index contributed by atoms with van der Waals surface area (Å²) in [4.78, 5) is 29.2. The van der Waals surface area contributed by atoms with Crippen molar-refractivity contribution in [2.75, 3.05) is 46.4 Å². The first-order chi connectivity index (χ1) is 13.3. The predicted octanol–water partition coefficient (Wildman–Crippen LogP) is 0.548. The predicted molar refractivity (Wildman–Crippen MR) is 101 cm³/mol. The van der Waals surface area contributed by atoms with E-state index in [1.165, 1.54) is 6.07 Å². The zero-order valence-electron chi connectivity index (χ0n) is 16.4. The fourth-order valence-electron chi connectivity index (χ4n) is 3.72. The summed E-state index contributed by atoms with van der Waals surface area (Å²) in [6.45, 7) is 4.37. The SMILES string of the molecule is Cc1ccc(F)c(C(=O)N2CCN(C)CC2CNC(=O)C2(O)CCOCC2)c1. The fraction of sp³-hybridized carbons (Fsp3) is 0.600. The van der Waals surface area contributed by atoms with Crippen LogP contribution >= 0.6 is 0 Å². The molecule has 1 unspecified atom stereocenters. The highest BCUT2D eigenvalue weighted by Crippen LogP contribution is 2.21. The van der Waals surface area contributed by atoms with Crippen LogP contribution in [0.2, 0.25) is 0 Å². The van der Waals surface area contributed by atoms with Crippen molar-refractivity contribution in [1.29, 1.82) is 0 Å². The van der Waals surface area contributed by atoms with E-state index in [1.54, 1.807) is 17.0 Å². The zero-order valence-corrected chi connectivity index (χ0v) is 16.4. The smallest absolute Gasteiger partial charge is 0.257 e. The number of carbonyl (C=O) groups is 2. The molecule has 2 heterocycles. The number of ether oxygens (including phenoxy) is 1. The van der Waals surface area contributed by atoms with Gasteiger partial charge in [0, 0.05) is 52.2 Å². The van der Waals surface area contributed by atoms with Crippen LogP contribution in [0.15, 0.2) is 18.2 Å². The number of benzene rings is 1. The minimum absolute atomic E-state index is 0.0453. The van der Waals surface area contributed by atoms with Crippen LogP contribution in [-0.2, 0) is 9.53 Å². The number of nitrogens with one attached hydrogen (secondary N) is 1. The Morgan fingerprint density at radius 1 is 1.32 bits per heavy atom. The standard InChI is InChI=1S/C20H28FN3O4/c1-14-3-4-17(21)16(11-14)18(25)24-8-7-23(2)13-15(24)12-22-19(26)20(27)5-9-28-10-6-20/h3-4,11,15,27H,5-10,12-13H2,1-2H3,(H,22,26). The average Bonchev–Trinajstić information content (AvgIpc) is 2.68. The molecule has 2 N–H and O–H groups in total. The molecule has 0 aromatic heterocycles. The van der Waals surface area contributed by atoms with Crippen molar-refractivity contribution in [3.8, 4) is 0 Å². The number of hydrogen-bond donors (Lipinski definition) is 2. The molecule has 1 aromatic carbocycles. The van der Waals surface area contributed by atoms with Gasteiger partial charge in [0.2, 0.25) is 0 Å². The Morgan fingerprint density at radius 2 is 2.04 bits per heavy atom. The summed E-state index contributed by atoms with van der Waals surface area (Å²) in [7, 11) is 1.94. The third-order valence-corrected chi connectivity index (χ3v) is 5.54. The molecule has 28 heavy (non-hydrogen) atoms. The van der Waals surface area contributed by atoms with E-state index in [0.717, 1.165) is 5.56 Å². The lowest BCUT2D eigenvalue weighted by Crippen LogP contribution is -2.60. The number of likely N-dealkylation sites (N-methyl/N-ethyl adjacent to an activating group) is 1. The molecule has 0 radical (unpaired) electrons. The van der Waals surface area contributed by atoms with Gasteiger partial charge >= 0.3 is 0 Å². The highest BCUT2D eigenvalue weighted by Gasteiger charge is 2.39. The Balaban J connectivity index is 1.71. The number of amides is 2. The van der Waals surface area contributed by atoms with E-state index in [1.807, 2.05) is 14.0 Å². The molecule has 2 saturated heterocycles. The van der Waals surface area contributed by atoms with Crippen molar-refractivity contribution < 1.29 is 23.8 Å². The van der Waals surface area contributed by atoms with Gasteiger partial charge in [-0.2, -0.15) is 0 Å². The van der Waals surface area contributed by atoms with Crippen LogP contribution in [0, 0.1) is 12.7 Å². The van der Waals surface area contributed by atoms with Gasteiger partial charge in [0.15, 0.2) is 0 Å². The van der Waals surface area contributed by atoms with Crippen LogP contribution in [0.3, 0.4) is 0 Å². The highest BCUT2D eigenvalue weighted by molar-refractivity contribution is 5.95. The molecule has 154 valence electrons. The second-order valence-electron chi connectivity index (χ2n) is 7.75. The van der Waals surface area contributed by atoms with Crippen molar-refractivity contribution in [3.05, 3.63) is 35.1 Å². The van der Waals surface area contributed by atoms with Crippen LogP contribution in [-0.4, -0.2) is 84.8 Å². The van der Waals surface area contributed by atoms with Crippen molar-refractivity contribution in [3.63, 3.8) is 0 Å². The summed E-state index contributed by atoms with van der Waals surface area (Å²) in [5.41, 5.74) is -0.578. The molecule has 2 amide bonds. The Morgan fingerprint density at radius 3 is 2.75 bits per heavy atom. The molecule has 2 aliphatic heterocycles. The third kappa shape index (κ3) is 4.51. The molecular weight excluding hydrogens is 365 g/mol. The van der Waals surface area contributed by atoms with Gasteiger partial charge in [-0.1, -0.05) is 11.6 Å². The highest BCUT2D eigenvalue weighted by atomic mass is 19.1. The molecule has 0 aliphatic carbocycles. The van der Waals surface area contributed by atoms with Crippen molar-refractivity contribution in [1.82, 2.24) is 15.1 Å². The first-order valence-corrected chi connectivity index (χ1v) is 9.64. The van der Waals surface area contributed by atoms with Crippen molar-refractivity contribution in [2.24, 2.45) is 0 Å². The van der Waals surface area contributed by atoms with E-state index in [9.17, 15) is 19.1 Å². The maximum atomic E-state index is 14.2. The number of piperazine rings is 1. The van der Waals surface area contributed by atoms with Gasteiger partial charge < -0.3 is 25.0 Å². The largest absolute Gasteiger partial charge is 0.381 e. The number of carbonyl (C=O) groups excluding carboxylic acids is 2. The maximum absolute atomic E-state index is 14.2. The molecule has 2 aliphatic rings. The van der Waals surface area contributed by atoms with Gasteiger partial charge in [-0.05, 0) is 26.1 Å². The van der Waals surface area contributed by atoms with Crippen molar-refractivity contribution >= 4 is 11.8 Å². The summed E-state index contributed by atoms with van der Waals surface area (Å²) in [5, 5.41) is 13.3. The molecule has 7 nitrogen and oxygen atoms in total. The van der Waals surface area contributed by atoms with E-state index in [2.05, 4.69) is 10.2 Å². The van der Waals surface area contributed by atoms with Gasteiger partial charge in [-0.15, -0.1) is 0 Å². The Labute approximate surface area is 164 Å². The van der Waals surface area contributed by atoms with Gasteiger partial charge in [-0.25, -0.2) is 4.39 Å². The third-order valence-electron chi connectivity index (χ3n) is 5.54. The summed E-state index contributed by atoms with van der Waals surface area (Å²) < 4.78 is 19.4. The topological polar surface area (TPSA) is 82.1 Å². The molecule has 0 bridgehead atoms. The molecule has 1 aromatic rings. The van der Waals surface area contributed by atoms with E-state index >= 15 is 0 Å². The normalized spacial score (nSPS) is 22.7. The number of rotatable bonds is 4. The van der Waals surface area contributed by atoms with Crippen LogP contribution in [0.4, 0.5) is 4.39 Å². The first kappa shape index (κ1) is 20.7. The number of aryl methyl sites for hydroxylation is 1. The van der Waals surface area contributed by atoms with Crippen molar-refractivity contribution in [2.45, 2.75) is 31.4 Å². The second-order valence-corrected chi connectivity index (χ2v) is 7.75. The van der Waals surface area contributed by atoms with Crippen LogP contribution in [0.5, 0.6) is 0 Å². The Bertz CT molecular complexity index is 736. The lowest BCUT2D eigenvalue weighted by atomic mass is 9.93. The van der Waals surface area contributed by atoms with E-state index in [0.29, 0.717) is 32.8 Å². The fourth-order valence-corrected chi connectivity index (χ4v) is 3.72. The molecule has 8 heteroatoms. The lowest BCUT2D eigenvalue weighted by molar-refractivity contribution is -0.149. The molecule has 1 atom stereocenters. The minimum atomic E-state index is -1.43. The number of hydrogen-bond acceptors (Lipinski definition) is 5. The quantitative estimate of drug-likeness (QED) is 0.781. The molecule has 0 spiro atoms. The minimum Gasteiger partial charge on any atom is -0.381 e. The van der Waals surface area contributed by atoms with E-state index in [-0.39, 0.29) is 36.9 Å². The van der Waals surface area contributed by atoms with Gasteiger partial charge in [0.25, 0.3) is 11.8 Å². The monoisotopic (exact) mass is 393 g/mol. The summed E-state index contributed by atoms with van der Waals surface area (Å²) in [5.74, 6) is -1.37. The van der Waals surface area contributed by atoms with Crippen LogP contribution in [0.25, 0.3) is 0 Å². The molecule has 0 saturated carbocycles. The summed E-state index contributed by atoms with van der Waals surface area (Å²) in [6.07, 6.45) is 0.501. The molecular formula is C20H28FN3O4. The van der Waals surface area contributed by atoms with E-state index < -0.39 is 17.3 Å². The first-order valence-electron chi connectivity index (χ1n) is 9.64. The van der Waals surface area contributed by atoms with Crippen LogP contribution < -0.4 is 5.32 Å². The molecule has 3 rings (SSSR count). The average molecular weight is 393 g/mol. The van der Waals surface area contributed by atoms with Gasteiger partial charge in [-0.3, -0.25) is 9.59 Å². The summed E-state index contributed by atoms with van der Waals surface area (Å²) >= 11 is 0. The Hall–Kier alpha value is -2.03. The number of nitrogens with zero attached hydrogens (tertiary/aromatic N) is 2. The second kappa shape index (κ2) is 8.55. The van der Waals surface area contributed by atoms with Gasteiger partial charge in [0.1, 0.15) is 11.4 Å². The van der Waals surface area contributed by atoms with Gasteiger partial charge in [0.05, 0.1) is 11.6 Å². The zero-order chi connectivity index (χ0) is 20.3. The molecule has 2 fully saturated rings. The summed E-state index contributed by atoms with van der Waals surface area (Å²) in [6, 6.07) is 4.17. The lowest BCUT2D eigenvalue weighted by Gasteiger charge is -2.41. The van der Waals surface area contributed by atoms with E-state index in [4.69, 9.17) is 4.74 Å².